The second-order valence-corrected chi connectivity index (χ2v) is 14.2. The Morgan fingerprint density at radius 3 is 2.63 bits per heavy atom. The molecule has 5 aromatic rings. The largest absolute Gasteiger partial charge is 0.388 e. The summed E-state index contributed by atoms with van der Waals surface area (Å²) in [5.74, 6) is 0.148. The molecule has 9 nitrogen and oxygen atoms in total. The summed E-state index contributed by atoms with van der Waals surface area (Å²) >= 11 is 1.82. The highest BCUT2D eigenvalue weighted by molar-refractivity contribution is 7.15. The molecule has 6 heterocycles. The van der Waals surface area contributed by atoms with Crippen molar-refractivity contribution >= 4 is 28.3 Å². The predicted molar refractivity (Wildman–Crippen MR) is 181 cm³/mol. The van der Waals surface area contributed by atoms with Crippen molar-refractivity contribution in [3.63, 3.8) is 0 Å². The van der Waals surface area contributed by atoms with Crippen LogP contribution in [0.2, 0.25) is 0 Å². The lowest BCUT2D eigenvalue weighted by molar-refractivity contribution is -0.142. The number of hydrogen-bond donors (Lipinski definition) is 1. The van der Waals surface area contributed by atoms with Crippen molar-refractivity contribution < 1.29 is 9.90 Å². The summed E-state index contributed by atoms with van der Waals surface area (Å²) in [6.45, 7) is 5.66. The fraction of sp³-hybridized carbons (Fsp3) is 0.389. The smallest absolute Gasteiger partial charge is 0.262 e. The van der Waals surface area contributed by atoms with Gasteiger partial charge in [-0.05, 0) is 74.2 Å². The van der Waals surface area contributed by atoms with E-state index < -0.39 is 5.60 Å². The number of likely N-dealkylation sites (tertiary alicyclic amines) is 2. The molecule has 7 rings (SSSR count). The van der Waals surface area contributed by atoms with E-state index in [9.17, 15) is 14.7 Å². The molecule has 2 atom stereocenters. The Balaban J connectivity index is 1.02. The number of thiophene rings is 1. The standard InChI is InChI=1S/C36H40N6O3S/c1-25-20-27(10-15-37-25)32-9-8-28(46-32)21-40-17-12-29(31(22-40)26-6-4-3-5-7-26)34(43)41-18-13-36(45,14-19-41)23-42-24-38-33-30(35(42)44)11-16-39(33)2/h3-11,15-16,20,24,29,31,45H,12-14,17-19,21-23H2,1-2H3/t29-,31+/m1/s1. The van der Waals surface area contributed by atoms with E-state index in [-0.39, 0.29) is 29.8 Å². The molecule has 46 heavy (non-hydrogen) atoms. The summed E-state index contributed by atoms with van der Waals surface area (Å²) in [6, 6.07) is 20.8. The maximum absolute atomic E-state index is 14.1. The van der Waals surface area contributed by atoms with Crippen LogP contribution in [-0.4, -0.2) is 71.7 Å². The summed E-state index contributed by atoms with van der Waals surface area (Å²) in [6.07, 6.45) is 6.84. The number of benzene rings is 1. The van der Waals surface area contributed by atoms with E-state index >= 15 is 0 Å². The highest BCUT2D eigenvalue weighted by Crippen LogP contribution is 2.37. The molecule has 2 aliphatic heterocycles. The van der Waals surface area contributed by atoms with Gasteiger partial charge in [0, 0.05) is 72.9 Å². The highest BCUT2D eigenvalue weighted by atomic mass is 32.1. The Morgan fingerprint density at radius 1 is 1.04 bits per heavy atom. The van der Waals surface area contributed by atoms with E-state index in [4.69, 9.17) is 0 Å². The van der Waals surface area contributed by atoms with Crippen LogP contribution in [-0.2, 0) is 24.9 Å². The molecule has 1 N–H and O–H groups in total. The average Bonchev–Trinajstić information content (AvgIpc) is 3.69. The topological polar surface area (TPSA) is 96.5 Å². The predicted octanol–water partition coefficient (Wildman–Crippen LogP) is 4.83. The SMILES string of the molecule is Cc1cc(-c2ccc(CN3CC[C@@H](C(=O)N4CCC(O)(Cn5cnc6c(ccn6C)c5=O)CC4)[C@H](c4ccccc4)C3)s2)ccn1. The molecule has 0 bridgehead atoms. The Labute approximate surface area is 272 Å². The molecule has 1 aromatic carbocycles. The minimum absolute atomic E-state index is 0.0905. The van der Waals surface area contributed by atoms with Gasteiger partial charge >= 0.3 is 0 Å². The highest BCUT2D eigenvalue weighted by Gasteiger charge is 2.41. The first-order chi connectivity index (χ1) is 22.3. The molecule has 2 fully saturated rings. The van der Waals surface area contributed by atoms with Crippen molar-refractivity contribution in [1.82, 2.24) is 28.9 Å². The monoisotopic (exact) mass is 636 g/mol. The van der Waals surface area contributed by atoms with Crippen molar-refractivity contribution in [2.24, 2.45) is 13.0 Å². The lowest BCUT2D eigenvalue weighted by Crippen LogP contribution is -2.53. The molecule has 10 heteroatoms. The number of aromatic nitrogens is 4. The van der Waals surface area contributed by atoms with Gasteiger partial charge in [-0.15, -0.1) is 11.3 Å². The number of piperidine rings is 2. The number of carbonyl (C=O) groups excluding carboxylic acids is 1. The first-order valence-corrected chi connectivity index (χ1v) is 16.9. The summed E-state index contributed by atoms with van der Waals surface area (Å²) in [5, 5.41) is 12.0. The van der Waals surface area contributed by atoms with Crippen LogP contribution in [0.1, 0.15) is 41.3 Å². The number of amides is 1. The number of rotatable bonds is 7. The summed E-state index contributed by atoms with van der Waals surface area (Å²) in [5.41, 5.74) is 2.82. The van der Waals surface area contributed by atoms with Crippen molar-refractivity contribution in [3.8, 4) is 10.4 Å². The quantitative estimate of drug-likeness (QED) is 0.275. The van der Waals surface area contributed by atoms with Gasteiger partial charge in [0.2, 0.25) is 5.91 Å². The number of hydrogen-bond acceptors (Lipinski definition) is 7. The third kappa shape index (κ3) is 6.17. The lowest BCUT2D eigenvalue weighted by atomic mass is 9.79. The van der Waals surface area contributed by atoms with Crippen LogP contribution in [0.3, 0.4) is 0 Å². The molecule has 0 spiro atoms. The first kappa shape index (κ1) is 30.5. The van der Waals surface area contributed by atoms with Gasteiger partial charge in [-0.1, -0.05) is 30.3 Å². The Hall–Kier alpha value is -4.12. The van der Waals surface area contributed by atoms with Crippen LogP contribution >= 0.6 is 11.3 Å². The van der Waals surface area contributed by atoms with Gasteiger partial charge in [0.1, 0.15) is 12.0 Å². The third-order valence-corrected chi connectivity index (χ3v) is 10.9. The lowest BCUT2D eigenvalue weighted by Gasteiger charge is -2.43. The zero-order valence-electron chi connectivity index (χ0n) is 26.4. The van der Waals surface area contributed by atoms with Gasteiger partial charge in [-0.25, -0.2) is 4.98 Å². The zero-order chi connectivity index (χ0) is 31.8. The van der Waals surface area contributed by atoms with E-state index in [2.05, 4.69) is 63.4 Å². The number of nitrogens with zero attached hydrogens (tertiary/aromatic N) is 6. The molecule has 4 aromatic heterocycles. The van der Waals surface area contributed by atoms with Crippen LogP contribution in [0.15, 0.2) is 84.2 Å². The van der Waals surface area contributed by atoms with Crippen LogP contribution in [0.4, 0.5) is 0 Å². The van der Waals surface area contributed by atoms with Gasteiger partial charge in [-0.3, -0.25) is 24.0 Å². The molecule has 0 aliphatic carbocycles. The molecule has 0 saturated carbocycles. The van der Waals surface area contributed by atoms with E-state index in [0.717, 1.165) is 31.7 Å². The van der Waals surface area contributed by atoms with E-state index in [1.54, 1.807) is 6.07 Å². The number of pyridine rings is 1. The second kappa shape index (κ2) is 12.6. The van der Waals surface area contributed by atoms with Crippen LogP contribution in [0, 0.1) is 12.8 Å². The molecule has 2 saturated heterocycles. The van der Waals surface area contributed by atoms with Crippen molar-refractivity contribution in [1.29, 1.82) is 0 Å². The summed E-state index contributed by atoms with van der Waals surface area (Å²) < 4.78 is 3.32. The van der Waals surface area contributed by atoms with Crippen molar-refractivity contribution in [2.75, 3.05) is 26.2 Å². The fourth-order valence-corrected chi connectivity index (χ4v) is 8.23. The minimum Gasteiger partial charge on any atom is -0.388 e. The summed E-state index contributed by atoms with van der Waals surface area (Å²) in [4.78, 5) is 42.9. The number of carbonyl (C=O) groups is 1. The van der Waals surface area contributed by atoms with E-state index in [1.165, 1.54) is 31.8 Å². The van der Waals surface area contributed by atoms with Gasteiger partial charge in [0.25, 0.3) is 5.56 Å². The molecule has 1 amide bonds. The van der Waals surface area contributed by atoms with Gasteiger partial charge in [0.05, 0.1) is 17.5 Å². The Kier molecular flexibility index (Phi) is 8.35. The average molecular weight is 637 g/mol. The summed E-state index contributed by atoms with van der Waals surface area (Å²) in [7, 11) is 1.86. The molecular formula is C36H40N6O3S. The molecule has 238 valence electrons. The fourth-order valence-electron chi connectivity index (χ4n) is 7.18. The number of aryl methyl sites for hydroxylation is 2. The van der Waals surface area contributed by atoms with Gasteiger partial charge in [-0.2, -0.15) is 0 Å². The van der Waals surface area contributed by atoms with Crippen molar-refractivity contribution in [2.45, 2.75) is 50.8 Å². The maximum Gasteiger partial charge on any atom is 0.262 e. The van der Waals surface area contributed by atoms with E-state index in [1.807, 2.05) is 53.2 Å². The molecular weight excluding hydrogens is 597 g/mol. The molecule has 2 aliphatic rings. The molecule has 0 unspecified atom stereocenters. The number of fused-ring (bicyclic) bond motifs is 1. The first-order valence-electron chi connectivity index (χ1n) is 16.1. The van der Waals surface area contributed by atoms with Crippen LogP contribution < -0.4 is 5.56 Å². The molecule has 0 radical (unpaired) electrons. The minimum atomic E-state index is -1.07. The zero-order valence-corrected chi connectivity index (χ0v) is 27.2. The van der Waals surface area contributed by atoms with Crippen molar-refractivity contribution in [3.05, 3.63) is 106 Å². The van der Waals surface area contributed by atoms with Gasteiger partial charge in [0.15, 0.2) is 0 Å². The normalized spacial score (nSPS) is 20.3. The van der Waals surface area contributed by atoms with E-state index in [0.29, 0.717) is 37.0 Å². The number of aliphatic hydroxyl groups is 1. The second-order valence-electron chi connectivity index (χ2n) is 13.0. The third-order valence-electron chi connectivity index (χ3n) is 9.79. The maximum atomic E-state index is 14.1. The Bertz CT molecular complexity index is 1910. The van der Waals surface area contributed by atoms with Crippen LogP contribution in [0.5, 0.6) is 0 Å². The van der Waals surface area contributed by atoms with Crippen LogP contribution in [0.25, 0.3) is 21.5 Å². The Morgan fingerprint density at radius 2 is 1.85 bits per heavy atom. The van der Waals surface area contributed by atoms with Gasteiger partial charge < -0.3 is 14.6 Å².